The molecule has 1 N–H and O–H groups in total. The average molecular weight is 459 g/mol. The highest BCUT2D eigenvalue weighted by Gasteiger charge is 2.63. The molecule has 0 bridgehead atoms. The van der Waals surface area contributed by atoms with Gasteiger partial charge in [0.15, 0.2) is 5.78 Å². The molecule has 33 heavy (non-hydrogen) atoms. The monoisotopic (exact) mass is 458 g/mol. The number of Topliss-reactive ketones (excluding diaryl/α,β-unsaturated/α-hetero) is 1. The van der Waals surface area contributed by atoms with Crippen LogP contribution in [0.2, 0.25) is 0 Å². The fourth-order valence-corrected chi connectivity index (χ4v) is 9.02. The van der Waals surface area contributed by atoms with Crippen molar-refractivity contribution in [3.05, 3.63) is 11.8 Å². The highest BCUT2D eigenvalue weighted by molar-refractivity contribution is 5.84. The Bertz CT molecular complexity index is 788. The van der Waals surface area contributed by atoms with Gasteiger partial charge in [0, 0.05) is 25.9 Å². The molecule has 4 saturated carbocycles. The normalized spacial score (nSPS) is 44.2. The number of ether oxygens (including phenoxy) is 1. The lowest BCUT2D eigenvalue weighted by atomic mass is 9.43. The third-order valence-corrected chi connectivity index (χ3v) is 10.4. The maximum atomic E-state index is 13.5. The van der Waals surface area contributed by atoms with Gasteiger partial charge in [-0.25, -0.2) is 0 Å². The van der Waals surface area contributed by atoms with Crippen molar-refractivity contribution >= 4 is 12.5 Å². The summed E-state index contributed by atoms with van der Waals surface area (Å²) in [5, 5.41) is 16.6. The first-order chi connectivity index (χ1) is 15.6. The van der Waals surface area contributed by atoms with Crippen LogP contribution in [0.1, 0.15) is 85.5 Å². The minimum atomic E-state index is -0.529. The van der Waals surface area contributed by atoms with Crippen LogP contribution in [0.3, 0.4) is 0 Å². The van der Waals surface area contributed by atoms with Gasteiger partial charge in [0.2, 0.25) is 0 Å². The van der Waals surface area contributed by atoms with Crippen molar-refractivity contribution in [1.29, 1.82) is 0 Å². The van der Waals surface area contributed by atoms with E-state index in [2.05, 4.69) is 18.7 Å². The molecule has 0 radical (unpaired) electrons. The number of rotatable bonds is 7. The zero-order chi connectivity index (χ0) is 24.0. The molecule has 0 aliphatic heterocycles. The van der Waals surface area contributed by atoms with Crippen molar-refractivity contribution in [2.45, 2.75) is 91.1 Å². The molecule has 0 amide bonds. The van der Waals surface area contributed by atoms with Crippen molar-refractivity contribution in [3.8, 4) is 0 Å². The Morgan fingerprint density at radius 1 is 1.12 bits per heavy atom. The van der Waals surface area contributed by atoms with E-state index in [9.17, 15) is 9.90 Å². The predicted molar refractivity (Wildman–Crippen MR) is 133 cm³/mol. The van der Waals surface area contributed by atoms with E-state index in [4.69, 9.17) is 4.74 Å². The third kappa shape index (κ3) is 4.33. The highest BCUT2D eigenvalue weighted by Crippen LogP contribution is 2.68. The van der Waals surface area contributed by atoms with E-state index < -0.39 is 5.60 Å². The van der Waals surface area contributed by atoms with Crippen molar-refractivity contribution < 1.29 is 14.6 Å². The summed E-state index contributed by atoms with van der Waals surface area (Å²) in [4.78, 5) is 13.5. The van der Waals surface area contributed by atoms with E-state index in [1.165, 1.54) is 25.7 Å². The van der Waals surface area contributed by atoms with Gasteiger partial charge in [-0.1, -0.05) is 12.5 Å². The third-order valence-electron chi connectivity index (χ3n) is 10.4. The molecule has 0 heterocycles. The van der Waals surface area contributed by atoms with Crippen LogP contribution in [0.4, 0.5) is 0 Å². The van der Waals surface area contributed by atoms with Gasteiger partial charge < -0.3 is 9.84 Å². The molecule has 186 valence electrons. The minimum Gasteiger partial charge on any atom is -0.390 e. The fraction of sp³-hybridized carbons (Fsp3) is 0.857. The molecule has 0 aromatic heterocycles. The number of hydrogen-bond donors (Lipinski definition) is 1. The number of allylic oxidation sites excluding steroid dienone is 1. The summed E-state index contributed by atoms with van der Waals surface area (Å²) in [6.07, 6.45) is 11.7. The lowest BCUT2D eigenvalue weighted by molar-refractivity contribution is -0.175. The molecule has 0 aromatic rings. The standard InChI is InChI=1S/C28H46N2O3/c1-19(2)16-30(29-5)17-25(31)24-10-9-22-21-8-7-20-15-26(3,32)13-14-28(20,18-33-6)23(21)11-12-27(22,24)4/h16,20-24,32H,5,7-15,17-18H2,1-4,6H3/t20-,21+,22+,23+,24-,26-,27+,28-/m1/s1. The van der Waals surface area contributed by atoms with Crippen LogP contribution in [-0.4, -0.2) is 48.5 Å². The van der Waals surface area contributed by atoms with E-state index in [-0.39, 0.29) is 16.7 Å². The van der Waals surface area contributed by atoms with Gasteiger partial charge in [0.25, 0.3) is 0 Å². The summed E-state index contributed by atoms with van der Waals surface area (Å²) >= 11 is 0. The Balaban J connectivity index is 1.55. The molecule has 5 nitrogen and oxygen atoms in total. The maximum absolute atomic E-state index is 13.5. The molecule has 0 saturated heterocycles. The van der Waals surface area contributed by atoms with Gasteiger partial charge >= 0.3 is 0 Å². The second-order valence-corrected chi connectivity index (χ2v) is 12.6. The minimum absolute atomic E-state index is 0.0946. The Morgan fingerprint density at radius 2 is 1.88 bits per heavy atom. The Kier molecular flexibility index (Phi) is 6.88. The first kappa shape index (κ1) is 24.9. The average Bonchev–Trinajstić information content (AvgIpc) is 3.10. The number of carbonyl (C=O) groups is 1. The van der Waals surface area contributed by atoms with Crippen molar-refractivity contribution in [1.82, 2.24) is 5.01 Å². The van der Waals surface area contributed by atoms with Crippen LogP contribution in [0, 0.1) is 40.4 Å². The van der Waals surface area contributed by atoms with Crippen LogP contribution in [-0.2, 0) is 9.53 Å². The molecule has 4 fully saturated rings. The van der Waals surface area contributed by atoms with Crippen LogP contribution >= 0.6 is 0 Å². The molecule has 8 atom stereocenters. The van der Waals surface area contributed by atoms with E-state index in [0.717, 1.165) is 44.3 Å². The number of ketones is 1. The summed E-state index contributed by atoms with van der Waals surface area (Å²) in [7, 11) is 1.85. The molecule has 5 heteroatoms. The van der Waals surface area contributed by atoms with Crippen molar-refractivity contribution in [2.24, 2.45) is 45.5 Å². The van der Waals surface area contributed by atoms with E-state index in [0.29, 0.717) is 36.0 Å². The van der Waals surface area contributed by atoms with Crippen LogP contribution in [0.25, 0.3) is 0 Å². The summed E-state index contributed by atoms with van der Waals surface area (Å²) in [6, 6.07) is 0. The Labute approximate surface area is 201 Å². The zero-order valence-corrected chi connectivity index (χ0v) is 21.6. The molecular formula is C28H46N2O3. The summed E-state index contributed by atoms with van der Waals surface area (Å²) in [5.74, 6) is 2.98. The second kappa shape index (κ2) is 9.11. The smallest absolute Gasteiger partial charge is 0.157 e. The van der Waals surface area contributed by atoms with E-state index >= 15 is 0 Å². The molecule has 4 aliphatic carbocycles. The largest absolute Gasteiger partial charge is 0.390 e. The second-order valence-electron chi connectivity index (χ2n) is 12.6. The molecule has 4 rings (SSSR count). The summed E-state index contributed by atoms with van der Waals surface area (Å²) in [6.45, 7) is 13.3. The first-order valence-electron chi connectivity index (χ1n) is 13.2. The lowest BCUT2D eigenvalue weighted by Gasteiger charge is -2.62. The number of methoxy groups -OCH3 is 1. The number of hydrogen-bond acceptors (Lipinski definition) is 5. The quantitative estimate of drug-likeness (QED) is 0.408. The van der Waals surface area contributed by atoms with Gasteiger partial charge in [-0.3, -0.25) is 9.80 Å². The Hall–Kier alpha value is -1.20. The predicted octanol–water partition coefficient (Wildman–Crippen LogP) is 5.43. The fourth-order valence-electron chi connectivity index (χ4n) is 9.02. The molecule has 0 aromatic carbocycles. The van der Waals surface area contributed by atoms with Gasteiger partial charge in [-0.15, -0.1) is 0 Å². The SMILES string of the molecule is C=NN(C=C(C)C)CC(=O)[C@H]1CC[C@H]2[C@@H]3CC[C@@H]4C[C@](C)(O)CC[C@]4(COC)[C@H]3CC[C@]12C. The topological polar surface area (TPSA) is 62.1 Å². The van der Waals surface area contributed by atoms with E-state index in [1.54, 1.807) is 5.01 Å². The van der Waals surface area contributed by atoms with Crippen LogP contribution < -0.4 is 0 Å². The number of hydrazone groups is 1. The van der Waals surface area contributed by atoms with Crippen molar-refractivity contribution in [2.75, 3.05) is 20.3 Å². The number of nitrogens with zero attached hydrogens (tertiary/aromatic N) is 2. The Morgan fingerprint density at radius 3 is 2.55 bits per heavy atom. The number of fused-ring (bicyclic) bond motifs is 5. The van der Waals surface area contributed by atoms with Gasteiger partial charge in [-0.05, 0) is 113 Å². The summed E-state index contributed by atoms with van der Waals surface area (Å²) < 4.78 is 5.88. The van der Waals surface area contributed by atoms with Gasteiger partial charge in [0.1, 0.15) is 0 Å². The highest BCUT2D eigenvalue weighted by atomic mass is 16.5. The van der Waals surface area contributed by atoms with Gasteiger partial charge in [0.05, 0.1) is 18.8 Å². The zero-order valence-electron chi connectivity index (χ0n) is 21.6. The van der Waals surface area contributed by atoms with E-state index in [1.807, 2.05) is 34.1 Å². The molecule has 4 aliphatic rings. The molecule has 0 spiro atoms. The van der Waals surface area contributed by atoms with Crippen LogP contribution in [0.15, 0.2) is 16.9 Å². The molecule has 0 unspecified atom stereocenters. The van der Waals surface area contributed by atoms with Crippen molar-refractivity contribution in [3.63, 3.8) is 0 Å². The number of carbonyl (C=O) groups excluding carboxylic acids is 1. The van der Waals surface area contributed by atoms with Gasteiger partial charge in [-0.2, -0.15) is 5.10 Å². The molecular weight excluding hydrogens is 412 g/mol. The summed E-state index contributed by atoms with van der Waals surface area (Å²) in [5.41, 5.74) is 0.894. The van der Waals surface area contributed by atoms with Crippen LogP contribution in [0.5, 0.6) is 0 Å². The maximum Gasteiger partial charge on any atom is 0.157 e. The lowest BCUT2D eigenvalue weighted by Crippen LogP contribution is -2.58. The number of aliphatic hydroxyl groups is 1. The first-order valence-corrected chi connectivity index (χ1v) is 13.2.